The van der Waals surface area contributed by atoms with E-state index < -0.39 is 34.4 Å². The number of hydrogen-bond donors (Lipinski definition) is 2. The molecule has 1 aromatic carbocycles. The van der Waals surface area contributed by atoms with Crippen LogP contribution in [0.2, 0.25) is 0 Å². The molecule has 0 unspecified atom stereocenters. The van der Waals surface area contributed by atoms with Gasteiger partial charge in [-0.25, -0.2) is 18.0 Å². The highest BCUT2D eigenvalue weighted by Crippen LogP contribution is 2.23. The second-order valence-corrected chi connectivity index (χ2v) is 9.23. The van der Waals surface area contributed by atoms with Gasteiger partial charge in [-0.05, 0) is 43.4 Å². The van der Waals surface area contributed by atoms with E-state index in [1.165, 1.54) is 18.2 Å². The lowest BCUT2D eigenvalue weighted by atomic mass is 9.86. The average Bonchev–Trinajstić information content (AvgIpc) is 2.61. The lowest BCUT2D eigenvalue weighted by Gasteiger charge is -2.29. The average molecular weight is 410 g/mol. The number of carbonyl (C=O) groups is 3. The highest BCUT2D eigenvalue weighted by atomic mass is 32.2. The first-order valence-corrected chi connectivity index (χ1v) is 11.0. The summed E-state index contributed by atoms with van der Waals surface area (Å²) in [5.74, 6) is -1.25. The predicted octanol–water partition coefficient (Wildman–Crippen LogP) is 1.96. The number of imide groups is 1. The molecular formula is C19H26N2O6S. The van der Waals surface area contributed by atoms with Gasteiger partial charge < -0.3 is 10.1 Å². The molecule has 0 bridgehead atoms. The van der Waals surface area contributed by atoms with Gasteiger partial charge in [-0.3, -0.25) is 10.1 Å². The molecule has 28 heavy (non-hydrogen) atoms. The summed E-state index contributed by atoms with van der Waals surface area (Å²) in [7, 11) is -3.48. The molecule has 1 aromatic rings. The standard InChI is InChI=1S/C19H26N2O6S/c1-12-8-9-14(28(3,25)26)10-15(12)18(23)27-11-17(22)21-19(24)20-16-7-5-4-6-13(16)2/h8-10,13,16H,4-7,11H2,1-3H3,(H2,20,21,22,24)/t13-,16-/m0/s1. The number of aryl methyl sites for hydroxylation is 1. The predicted molar refractivity (Wildman–Crippen MR) is 103 cm³/mol. The van der Waals surface area contributed by atoms with Crippen molar-refractivity contribution in [2.45, 2.75) is 50.5 Å². The summed E-state index contributed by atoms with van der Waals surface area (Å²) >= 11 is 0. The van der Waals surface area contributed by atoms with Crippen LogP contribution in [-0.2, 0) is 19.4 Å². The van der Waals surface area contributed by atoms with Crippen molar-refractivity contribution in [2.24, 2.45) is 5.92 Å². The smallest absolute Gasteiger partial charge is 0.338 e. The molecule has 154 valence electrons. The zero-order valence-electron chi connectivity index (χ0n) is 16.3. The van der Waals surface area contributed by atoms with E-state index in [1.807, 2.05) is 0 Å². The van der Waals surface area contributed by atoms with Crippen molar-refractivity contribution in [3.05, 3.63) is 29.3 Å². The highest BCUT2D eigenvalue weighted by Gasteiger charge is 2.23. The third-order valence-electron chi connectivity index (χ3n) is 4.87. The summed E-state index contributed by atoms with van der Waals surface area (Å²) in [6, 6.07) is 3.50. The van der Waals surface area contributed by atoms with E-state index in [1.54, 1.807) is 6.92 Å². The molecular weight excluding hydrogens is 384 g/mol. The van der Waals surface area contributed by atoms with E-state index in [9.17, 15) is 22.8 Å². The van der Waals surface area contributed by atoms with E-state index in [2.05, 4.69) is 17.6 Å². The molecule has 0 spiro atoms. The number of amides is 3. The Hall–Kier alpha value is -2.42. The van der Waals surface area contributed by atoms with Gasteiger partial charge in [-0.2, -0.15) is 0 Å². The van der Waals surface area contributed by atoms with Crippen molar-refractivity contribution in [2.75, 3.05) is 12.9 Å². The van der Waals surface area contributed by atoms with Gasteiger partial charge in [0, 0.05) is 12.3 Å². The zero-order chi connectivity index (χ0) is 20.9. The molecule has 2 rings (SSSR count). The molecule has 1 saturated carbocycles. The molecule has 9 heteroatoms. The summed E-state index contributed by atoms with van der Waals surface area (Å²) in [6.45, 7) is 3.04. The molecule has 0 aromatic heterocycles. The zero-order valence-corrected chi connectivity index (χ0v) is 17.1. The largest absolute Gasteiger partial charge is 0.452 e. The van der Waals surface area contributed by atoms with Crippen molar-refractivity contribution in [1.82, 2.24) is 10.6 Å². The molecule has 0 aliphatic heterocycles. The van der Waals surface area contributed by atoms with Crippen molar-refractivity contribution in [3.8, 4) is 0 Å². The van der Waals surface area contributed by atoms with Crippen molar-refractivity contribution in [1.29, 1.82) is 0 Å². The Kier molecular flexibility index (Phi) is 7.17. The number of sulfone groups is 1. The Labute approximate surface area is 164 Å². The molecule has 0 heterocycles. The van der Waals surface area contributed by atoms with E-state index in [-0.39, 0.29) is 16.5 Å². The molecule has 2 atom stereocenters. The molecule has 1 fully saturated rings. The molecule has 3 amide bonds. The van der Waals surface area contributed by atoms with Crippen LogP contribution in [0.5, 0.6) is 0 Å². The van der Waals surface area contributed by atoms with Crippen LogP contribution >= 0.6 is 0 Å². The topological polar surface area (TPSA) is 119 Å². The Bertz CT molecular complexity index is 865. The Morgan fingerprint density at radius 3 is 2.50 bits per heavy atom. The van der Waals surface area contributed by atoms with E-state index >= 15 is 0 Å². The summed E-state index contributed by atoms with van der Waals surface area (Å²) in [4.78, 5) is 36.0. The van der Waals surface area contributed by atoms with Gasteiger partial charge >= 0.3 is 12.0 Å². The second kappa shape index (κ2) is 9.18. The molecule has 0 radical (unpaired) electrons. The maximum absolute atomic E-state index is 12.2. The van der Waals surface area contributed by atoms with Gasteiger partial charge in [0.1, 0.15) is 0 Å². The fourth-order valence-corrected chi connectivity index (χ4v) is 3.81. The maximum Gasteiger partial charge on any atom is 0.338 e. The minimum Gasteiger partial charge on any atom is -0.452 e. The summed E-state index contributed by atoms with van der Waals surface area (Å²) in [5, 5.41) is 4.92. The summed E-state index contributed by atoms with van der Waals surface area (Å²) < 4.78 is 28.2. The minimum absolute atomic E-state index is 0.0181. The van der Waals surface area contributed by atoms with Gasteiger partial charge in [0.25, 0.3) is 5.91 Å². The third-order valence-corrected chi connectivity index (χ3v) is 5.98. The van der Waals surface area contributed by atoms with Crippen LogP contribution in [0.1, 0.15) is 48.5 Å². The number of urea groups is 1. The fraction of sp³-hybridized carbons (Fsp3) is 0.526. The number of hydrogen-bond acceptors (Lipinski definition) is 6. The number of esters is 1. The second-order valence-electron chi connectivity index (χ2n) is 7.21. The summed E-state index contributed by atoms with van der Waals surface area (Å²) in [6.07, 6.45) is 5.10. The van der Waals surface area contributed by atoms with Gasteiger partial charge in [-0.1, -0.05) is 25.8 Å². The lowest BCUT2D eigenvalue weighted by molar-refractivity contribution is -0.123. The van der Waals surface area contributed by atoms with Crippen molar-refractivity contribution < 1.29 is 27.5 Å². The lowest BCUT2D eigenvalue weighted by Crippen LogP contribution is -2.48. The minimum atomic E-state index is -3.48. The number of rotatable bonds is 5. The fourth-order valence-electron chi connectivity index (χ4n) is 3.16. The SMILES string of the molecule is Cc1ccc(S(C)(=O)=O)cc1C(=O)OCC(=O)NC(=O)N[C@H]1CCCC[C@@H]1C. The van der Waals surface area contributed by atoms with Crippen LogP contribution in [0.25, 0.3) is 0 Å². The number of carbonyl (C=O) groups excluding carboxylic acids is 3. The first-order valence-electron chi connectivity index (χ1n) is 9.16. The van der Waals surface area contributed by atoms with E-state index in [0.717, 1.165) is 31.9 Å². The maximum atomic E-state index is 12.2. The first-order chi connectivity index (χ1) is 13.1. The van der Waals surface area contributed by atoms with E-state index in [0.29, 0.717) is 11.5 Å². The van der Waals surface area contributed by atoms with Gasteiger partial charge in [0.15, 0.2) is 16.4 Å². The quantitative estimate of drug-likeness (QED) is 0.716. The Morgan fingerprint density at radius 1 is 1.18 bits per heavy atom. The number of nitrogens with one attached hydrogen (secondary N) is 2. The number of ether oxygens (including phenoxy) is 1. The van der Waals surface area contributed by atoms with E-state index in [4.69, 9.17) is 4.74 Å². The Morgan fingerprint density at radius 2 is 1.86 bits per heavy atom. The van der Waals surface area contributed by atoms with Crippen molar-refractivity contribution >= 4 is 27.7 Å². The third kappa shape index (κ3) is 6.05. The van der Waals surface area contributed by atoms with Crippen LogP contribution < -0.4 is 10.6 Å². The van der Waals surface area contributed by atoms with Crippen LogP contribution in [-0.4, -0.2) is 45.2 Å². The molecule has 0 saturated heterocycles. The molecule has 1 aliphatic rings. The van der Waals surface area contributed by atoms with Crippen LogP contribution in [0.15, 0.2) is 23.1 Å². The number of benzene rings is 1. The molecule has 8 nitrogen and oxygen atoms in total. The monoisotopic (exact) mass is 410 g/mol. The van der Waals surface area contributed by atoms with Crippen LogP contribution in [0.4, 0.5) is 4.79 Å². The van der Waals surface area contributed by atoms with Gasteiger partial charge in [0.2, 0.25) is 0 Å². The summed E-state index contributed by atoms with van der Waals surface area (Å²) in [5.41, 5.74) is 0.568. The molecule has 1 aliphatic carbocycles. The van der Waals surface area contributed by atoms with Crippen LogP contribution in [0, 0.1) is 12.8 Å². The molecule has 2 N–H and O–H groups in total. The van der Waals surface area contributed by atoms with Gasteiger partial charge in [0.05, 0.1) is 10.5 Å². The first kappa shape index (κ1) is 21.9. The van der Waals surface area contributed by atoms with Gasteiger partial charge in [-0.15, -0.1) is 0 Å². The highest BCUT2D eigenvalue weighted by molar-refractivity contribution is 7.90. The van der Waals surface area contributed by atoms with Crippen LogP contribution in [0.3, 0.4) is 0 Å². The Balaban J connectivity index is 1.88. The normalized spacial score (nSPS) is 19.5. The van der Waals surface area contributed by atoms with Crippen molar-refractivity contribution in [3.63, 3.8) is 0 Å².